The molecule has 1 aliphatic heterocycles. The molecule has 0 aliphatic carbocycles. The summed E-state index contributed by atoms with van der Waals surface area (Å²) in [6.07, 6.45) is 5.01. The Bertz CT molecular complexity index is 997. The predicted octanol–water partition coefficient (Wildman–Crippen LogP) is -1.00. The van der Waals surface area contributed by atoms with Gasteiger partial charge in [0.25, 0.3) is 0 Å². The molecule has 20 heteroatoms. The third kappa shape index (κ3) is 30.8. The number of hydrogen-bond acceptors (Lipinski definition) is 15. The summed E-state index contributed by atoms with van der Waals surface area (Å²) in [7, 11) is 0. The average Bonchev–Trinajstić information content (AvgIpc) is 3.59. The first-order valence-corrected chi connectivity index (χ1v) is 18.2. The summed E-state index contributed by atoms with van der Waals surface area (Å²) in [6.45, 7) is 10.5. The third-order valence-corrected chi connectivity index (χ3v) is 7.07. The van der Waals surface area contributed by atoms with Gasteiger partial charge >= 0.3 is 12.0 Å². The SMILES string of the molecule is CC[C@@H](NC(=O)NCCCCCN1C=C(COCCOCCOCCOCCOCCOCCOCCOCCNC(=O)CCC(N)=O)NN1)C(=O)O. The summed E-state index contributed by atoms with van der Waals surface area (Å²) >= 11 is 0. The van der Waals surface area contributed by atoms with Gasteiger partial charge in [0.2, 0.25) is 11.8 Å². The largest absolute Gasteiger partial charge is 0.480 e. The molecule has 4 amide bonds. The van der Waals surface area contributed by atoms with Crippen LogP contribution < -0.4 is 32.6 Å². The van der Waals surface area contributed by atoms with E-state index < -0.39 is 23.9 Å². The fraction of sp³-hybridized carbons (Fsp3) is 0.818. The Kier molecular flexibility index (Phi) is 31.0. The molecule has 0 saturated heterocycles. The Balaban J connectivity index is 1.76. The molecule has 8 N–H and O–H groups in total. The number of nitrogens with two attached hydrogens (primary N) is 1. The summed E-state index contributed by atoms with van der Waals surface area (Å²) in [5.74, 6) is -1.77. The summed E-state index contributed by atoms with van der Waals surface area (Å²) in [4.78, 5) is 44.8. The molecular weight excluding hydrogens is 702 g/mol. The molecule has 0 aromatic heterocycles. The topological polar surface area (TPSA) is 252 Å². The molecule has 0 spiro atoms. The summed E-state index contributed by atoms with van der Waals surface area (Å²) in [6, 6.07) is -1.34. The lowest BCUT2D eigenvalue weighted by Gasteiger charge is -2.15. The van der Waals surface area contributed by atoms with Crippen LogP contribution in [0, 0.1) is 0 Å². The van der Waals surface area contributed by atoms with Crippen molar-refractivity contribution in [3.8, 4) is 0 Å². The van der Waals surface area contributed by atoms with E-state index in [1.807, 2.05) is 11.2 Å². The van der Waals surface area contributed by atoms with Crippen LogP contribution in [0.1, 0.15) is 45.4 Å². The summed E-state index contributed by atoms with van der Waals surface area (Å²) < 4.78 is 43.8. The first-order chi connectivity index (χ1) is 25.8. The van der Waals surface area contributed by atoms with Gasteiger partial charge in [-0.05, 0) is 25.7 Å². The molecule has 1 rings (SSSR count). The highest BCUT2D eigenvalue weighted by Gasteiger charge is 2.17. The molecule has 0 aromatic carbocycles. The van der Waals surface area contributed by atoms with Gasteiger partial charge in [-0.3, -0.25) is 14.6 Å². The van der Waals surface area contributed by atoms with E-state index in [9.17, 15) is 19.2 Å². The van der Waals surface area contributed by atoms with E-state index in [1.54, 1.807) is 6.92 Å². The van der Waals surface area contributed by atoms with Crippen LogP contribution in [0.25, 0.3) is 0 Å². The second-order valence-electron chi connectivity index (χ2n) is 11.5. The van der Waals surface area contributed by atoms with Gasteiger partial charge in [-0.15, -0.1) is 5.53 Å². The zero-order valence-corrected chi connectivity index (χ0v) is 31.2. The monoisotopic (exact) mass is 765 g/mol. The van der Waals surface area contributed by atoms with Crippen LogP contribution >= 0.6 is 0 Å². The highest BCUT2D eigenvalue weighted by Crippen LogP contribution is 2.04. The number of aliphatic carboxylic acids is 1. The van der Waals surface area contributed by atoms with Crippen molar-refractivity contribution in [3.05, 3.63) is 11.9 Å². The number of carboxylic acids is 1. The zero-order chi connectivity index (χ0) is 38.6. The molecule has 1 aliphatic rings. The maximum Gasteiger partial charge on any atom is 0.326 e. The number of ether oxygens (including phenoxy) is 8. The quantitative estimate of drug-likeness (QED) is 0.0372. The minimum atomic E-state index is -1.04. The number of carboxylic acid groups (broad SMARTS) is 1. The lowest BCUT2D eigenvalue weighted by Crippen LogP contribution is -2.45. The Labute approximate surface area is 312 Å². The van der Waals surface area contributed by atoms with E-state index in [0.717, 1.165) is 31.5 Å². The minimum Gasteiger partial charge on any atom is -0.480 e. The highest BCUT2D eigenvalue weighted by atomic mass is 16.6. The van der Waals surface area contributed by atoms with Crippen molar-refractivity contribution in [2.75, 3.05) is 125 Å². The van der Waals surface area contributed by atoms with Crippen LogP contribution in [0.5, 0.6) is 0 Å². The lowest BCUT2D eigenvalue weighted by atomic mass is 10.2. The number of carbonyl (C=O) groups excluding carboxylic acids is 3. The molecule has 0 radical (unpaired) electrons. The van der Waals surface area contributed by atoms with Gasteiger partial charge in [0.1, 0.15) is 6.04 Å². The Hall–Kier alpha value is -3.34. The van der Waals surface area contributed by atoms with Crippen molar-refractivity contribution >= 4 is 23.8 Å². The molecule has 0 unspecified atom stereocenters. The smallest absolute Gasteiger partial charge is 0.326 e. The van der Waals surface area contributed by atoms with Crippen LogP contribution in [-0.2, 0) is 52.3 Å². The van der Waals surface area contributed by atoms with Crippen LogP contribution in [-0.4, -0.2) is 165 Å². The fourth-order valence-corrected chi connectivity index (χ4v) is 4.23. The van der Waals surface area contributed by atoms with E-state index >= 15 is 0 Å². The van der Waals surface area contributed by atoms with E-state index in [0.29, 0.717) is 125 Å². The molecule has 20 nitrogen and oxygen atoms in total. The van der Waals surface area contributed by atoms with Gasteiger partial charge in [0.05, 0.1) is 111 Å². The number of carbonyl (C=O) groups is 4. The van der Waals surface area contributed by atoms with Gasteiger partial charge in [-0.1, -0.05) is 6.92 Å². The van der Waals surface area contributed by atoms with E-state index in [-0.39, 0.29) is 18.7 Å². The van der Waals surface area contributed by atoms with E-state index in [4.69, 9.17) is 48.7 Å². The molecule has 0 saturated carbocycles. The Morgan fingerprint density at radius 1 is 0.698 bits per heavy atom. The molecule has 0 aromatic rings. The molecule has 1 heterocycles. The van der Waals surface area contributed by atoms with Crippen molar-refractivity contribution in [2.45, 2.75) is 51.5 Å². The third-order valence-electron chi connectivity index (χ3n) is 7.07. The number of primary amides is 1. The van der Waals surface area contributed by atoms with Crippen molar-refractivity contribution in [1.82, 2.24) is 31.9 Å². The zero-order valence-electron chi connectivity index (χ0n) is 31.2. The lowest BCUT2D eigenvalue weighted by molar-refractivity contribution is -0.139. The maximum absolute atomic E-state index is 11.7. The molecule has 0 bridgehead atoms. The summed E-state index contributed by atoms with van der Waals surface area (Å²) in [5.41, 5.74) is 12.0. The van der Waals surface area contributed by atoms with Gasteiger partial charge in [-0.25, -0.2) is 9.59 Å². The van der Waals surface area contributed by atoms with Crippen molar-refractivity contribution < 1.29 is 62.2 Å². The van der Waals surface area contributed by atoms with Gasteiger partial charge in [-0.2, -0.15) is 0 Å². The van der Waals surface area contributed by atoms with Crippen molar-refractivity contribution in [2.24, 2.45) is 5.73 Å². The number of rotatable bonds is 38. The van der Waals surface area contributed by atoms with Gasteiger partial charge in [0.15, 0.2) is 0 Å². The molecular formula is C33H63N7O13. The number of unbranched alkanes of at least 4 members (excludes halogenated alkanes) is 2. The fourth-order valence-electron chi connectivity index (χ4n) is 4.23. The van der Waals surface area contributed by atoms with E-state index in [2.05, 4.69) is 26.9 Å². The Morgan fingerprint density at radius 3 is 1.70 bits per heavy atom. The standard InChI is InChI=1S/C33H63N7O13/c1-2-29(32(43)44)37-33(45)36-8-4-3-5-10-40-26-28(38-39-40)27-53-25-24-52-23-22-51-21-20-50-19-18-49-17-16-48-15-14-47-13-12-46-11-9-35-31(42)7-6-30(34)41/h26,29,38-39H,2-25,27H2,1H3,(H2,34,41)(H,35,42)(H,43,44)(H2,36,37,45)/t29-/m1/s1. The van der Waals surface area contributed by atoms with Crippen LogP contribution in [0.4, 0.5) is 4.79 Å². The molecule has 1 atom stereocenters. The van der Waals surface area contributed by atoms with Crippen LogP contribution in [0.2, 0.25) is 0 Å². The van der Waals surface area contributed by atoms with Crippen molar-refractivity contribution in [1.29, 1.82) is 0 Å². The highest BCUT2D eigenvalue weighted by molar-refractivity contribution is 5.83. The second kappa shape index (κ2) is 34.4. The normalized spacial score (nSPS) is 13.0. The first kappa shape index (κ1) is 47.7. The first-order valence-electron chi connectivity index (χ1n) is 18.2. The number of amides is 4. The number of hydrazine groups is 2. The number of nitrogens with zero attached hydrogens (tertiary/aromatic N) is 1. The van der Waals surface area contributed by atoms with Gasteiger partial charge < -0.3 is 70.1 Å². The maximum atomic E-state index is 11.7. The molecule has 308 valence electrons. The number of urea groups is 1. The summed E-state index contributed by atoms with van der Waals surface area (Å²) in [5, 5.41) is 18.7. The van der Waals surface area contributed by atoms with Crippen LogP contribution in [0.3, 0.4) is 0 Å². The van der Waals surface area contributed by atoms with Crippen molar-refractivity contribution in [3.63, 3.8) is 0 Å². The van der Waals surface area contributed by atoms with Gasteiger partial charge in [0, 0.05) is 38.7 Å². The number of nitrogens with one attached hydrogen (secondary N) is 5. The second-order valence-corrected chi connectivity index (χ2v) is 11.5. The molecule has 53 heavy (non-hydrogen) atoms. The average molecular weight is 766 g/mol. The molecule has 0 fully saturated rings. The predicted molar refractivity (Wildman–Crippen MR) is 191 cm³/mol. The van der Waals surface area contributed by atoms with Crippen LogP contribution in [0.15, 0.2) is 11.9 Å². The van der Waals surface area contributed by atoms with E-state index in [1.165, 1.54) is 0 Å². The Morgan fingerprint density at radius 2 is 1.21 bits per heavy atom. The minimum absolute atomic E-state index is 0.0350. The number of hydrogen-bond donors (Lipinski definition) is 7.